The first kappa shape index (κ1) is 15.5. The van der Waals surface area contributed by atoms with E-state index in [0.29, 0.717) is 21.3 Å². The van der Waals surface area contributed by atoms with Crippen molar-refractivity contribution in [3.8, 4) is 0 Å². The molecule has 0 aliphatic rings. The fraction of sp³-hybridized carbons (Fsp3) is 0.133. The fourth-order valence-corrected chi connectivity index (χ4v) is 2.13. The molecule has 0 aliphatic carbocycles. The number of anilines is 1. The molecule has 0 fully saturated rings. The monoisotopic (exact) mass is 323 g/mol. The number of Topliss-reactive ketones (excluding diaryl/α,β-unsaturated/α-hetero) is 1. The molecule has 21 heavy (non-hydrogen) atoms. The van der Waals surface area contributed by atoms with Gasteiger partial charge in [-0.3, -0.25) is 9.59 Å². The van der Waals surface area contributed by atoms with Crippen LogP contribution in [0.3, 0.4) is 0 Å². The minimum Gasteiger partial charge on any atom is -0.319 e. The summed E-state index contributed by atoms with van der Waals surface area (Å²) in [5.74, 6) is -0.312. The largest absolute Gasteiger partial charge is 0.319 e. The SMILES string of the molecule is CC(=O)c1ccc[n+](CC(=O)Nc2cccc(Cl)c2Cl)c1. The molecule has 0 radical (unpaired) electrons. The van der Waals surface area contributed by atoms with Crippen molar-refractivity contribution in [1.29, 1.82) is 0 Å². The van der Waals surface area contributed by atoms with Crippen LogP contribution in [0.25, 0.3) is 0 Å². The van der Waals surface area contributed by atoms with Crippen LogP contribution in [-0.2, 0) is 11.3 Å². The van der Waals surface area contributed by atoms with E-state index in [1.54, 1.807) is 47.3 Å². The summed E-state index contributed by atoms with van der Waals surface area (Å²) in [6.45, 7) is 1.55. The third-order valence-corrected chi connectivity index (χ3v) is 3.64. The summed E-state index contributed by atoms with van der Waals surface area (Å²) in [4.78, 5) is 23.3. The van der Waals surface area contributed by atoms with Gasteiger partial charge >= 0.3 is 0 Å². The molecule has 6 heteroatoms. The number of nitrogens with one attached hydrogen (secondary N) is 1. The fourth-order valence-electron chi connectivity index (χ4n) is 1.78. The lowest BCUT2D eigenvalue weighted by molar-refractivity contribution is -0.684. The van der Waals surface area contributed by atoms with Crippen molar-refractivity contribution in [2.45, 2.75) is 13.5 Å². The van der Waals surface area contributed by atoms with Crippen molar-refractivity contribution >= 4 is 40.6 Å². The molecule has 0 unspecified atom stereocenters. The molecule has 108 valence electrons. The van der Waals surface area contributed by atoms with Gasteiger partial charge in [0.2, 0.25) is 6.54 Å². The molecule has 0 aliphatic heterocycles. The van der Waals surface area contributed by atoms with Gasteiger partial charge in [-0.25, -0.2) is 0 Å². The summed E-state index contributed by atoms with van der Waals surface area (Å²) in [6.07, 6.45) is 3.34. The average molecular weight is 324 g/mol. The Kier molecular flexibility index (Phi) is 4.94. The quantitative estimate of drug-likeness (QED) is 0.694. The minimum atomic E-state index is -0.259. The van der Waals surface area contributed by atoms with Crippen LogP contribution in [0.5, 0.6) is 0 Å². The lowest BCUT2D eigenvalue weighted by Gasteiger charge is -2.06. The summed E-state index contributed by atoms with van der Waals surface area (Å²) in [7, 11) is 0. The van der Waals surface area contributed by atoms with E-state index in [1.165, 1.54) is 6.92 Å². The van der Waals surface area contributed by atoms with E-state index in [4.69, 9.17) is 23.2 Å². The van der Waals surface area contributed by atoms with Gasteiger partial charge in [0, 0.05) is 6.07 Å². The van der Waals surface area contributed by atoms with Gasteiger partial charge < -0.3 is 5.32 Å². The molecule has 2 rings (SSSR count). The van der Waals surface area contributed by atoms with Crippen LogP contribution in [-0.4, -0.2) is 11.7 Å². The van der Waals surface area contributed by atoms with Crippen LogP contribution in [0, 0.1) is 0 Å². The Morgan fingerprint density at radius 3 is 2.67 bits per heavy atom. The van der Waals surface area contributed by atoms with E-state index in [0.717, 1.165) is 0 Å². The van der Waals surface area contributed by atoms with E-state index in [-0.39, 0.29) is 18.2 Å². The van der Waals surface area contributed by atoms with Crippen molar-refractivity contribution < 1.29 is 14.2 Å². The van der Waals surface area contributed by atoms with Gasteiger partial charge in [-0.05, 0) is 25.1 Å². The number of pyridine rings is 1. The molecule has 1 aromatic carbocycles. The first-order chi connectivity index (χ1) is 9.97. The van der Waals surface area contributed by atoms with Crippen molar-refractivity contribution in [3.63, 3.8) is 0 Å². The molecule has 1 N–H and O–H groups in total. The Bertz CT molecular complexity index is 702. The number of aromatic nitrogens is 1. The number of benzene rings is 1. The Morgan fingerprint density at radius 1 is 1.19 bits per heavy atom. The smallest absolute Gasteiger partial charge is 0.290 e. The average Bonchev–Trinajstić information content (AvgIpc) is 2.44. The van der Waals surface area contributed by atoms with E-state index < -0.39 is 0 Å². The summed E-state index contributed by atoms with van der Waals surface area (Å²) in [5, 5.41) is 3.36. The zero-order valence-corrected chi connectivity index (χ0v) is 12.8. The third kappa shape index (κ3) is 4.03. The zero-order chi connectivity index (χ0) is 15.4. The van der Waals surface area contributed by atoms with E-state index in [9.17, 15) is 9.59 Å². The van der Waals surface area contributed by atoms with Crippen LogP contribution in [0.15, 0.2) is 42.7 Å². The summed E-state index contributed by atoms with van der Waals surface area (Å²) in [5.41, 5.74) is 1.00. The molecule has 0 bridgehead atoms. The van der Waals surface area contributed by atoms with Crippen LogP contribution in [0.4, 0.5) is 5.69 Å². The standard InChI is InChI=1S/C15H12Cl2N2O2/c1-10(20)11-4-3-7-19(8-11)9-14(21)18-13-6-2-5-12(16)15(13)17/h2-8H,9H2,1H3/p+1. The van der Waals surface area contributed by atoms with Gasteiger partial charge in [0.15, 0.2) is 18.2 Å². The summed E-state index contributed by atoms with van der Waals surface area (Å²) in [6, 6.07) is 8.43. The maximum absolute atomic E-state index is 12.0. The lowest BCUT2D eigenvalue weighted by atomic mass is 10.2. The molecule has 4 nitrogen and oxygen atoms in total. The number of amides is 1. The second-order valence-corrected chi connectivity index (χ2v) is 5.26. The number of rotatable bonds is 4. The highest BCUT2D eigenvalue weighted by atomic mass is 35.5. The van der Waals surface area contributed by atoms with Crippen molar-refractivity contribution in [2.24, 2.45) is 0 Å². The predicted octanol–water partition coefficient (Wildman–Crippen LogP) is 3.12. The highest BCUT2D eigenvalue weighted by Crippen LogP contribution is 2.29. The Morgan fingerprint density at radius 2 is 1.95 bits per heavy atom. The third-order valence-electron chi connectivity index (χ3n) is 2.82. The van der Waals surface area contributed by atoms with Crippen LogP contribution in [0.1, 0.15) is 17.3 Å². The number of carbonyl (C=O) groups is 2. The number of carbonyl (C=O) groups excluding carboxylic acids is 2. The molecule has 2 aromatic rings. The molecule has 1 amide bonds. The Labute approximate surface area is 132 Å². The first-order valence-corrected chi connectivity index (χ1v) is 6.97. The number of nitrogens with zero attached hydrogens (tertiary/aromatic N) is 1. The second-order valence-electron chi connectivity index (χ2n) is 4.47. The normalized spacial score (nSPS) is 10.2. The molecule has 1 aromatic heterocycles. The Hall–Kier alpha value is -1.91. The van der Waals surface area contributed by atoms with E-state index >= 15 is 0 Å². The number of hydrogen-bond acceptors (Lipinski definition) is 2. The van der Waals surface area contributed by atoms with Gasteiger partial charge in [-0.1, -0.05) is 29.3 Å². The lowest BCUT2D eigenvalue weighted by Crippen LogP contribution is -2.40. The summed E-state index contributed by atoms with van der Waals surface area (Å²) >= 11 is 11.9. The van der Waals surface area contributed by atoms with Crippen LogP contribution in [0.2, 0.25) is 10.0 Å². The first-order valence-electron chi connectivity index (χ1n) is 6.21. The van der Waals surface area contributed by atoms with Crippen molar-refractivity contribution in [3.05, 3.63) is 58.3 Å². The van der Waals surface area contributed by atoms with Gasteiger partial charge in [0.1, 0.15) is 0 Å². The topological polar surface area (TPSA) is 50.0 Å². The van der Waals surface area contributed by atoms with E-state index in [1.807, 2.05) is 0 Å². The van der Waals surface area contributed by atoms with Crippen LogP contribution >= 0.6 is 23.2 Å². The predicted molar refractivity (Wildman–Crippen MR) is 81.7 cm³/mol. The minimum absolute atomic E-state index is 0.0531. The summed E-state index contributed by atoms with van der Waals surface area (Å²) < 4.78 is 1.63. The highest BCUT2D eigenvalue weighted by Gasteiger charge is 2.13. The highest BCUT2D eigenvalue weighted by molar-refractivity contribution is 6.43. The number of hydrogen-bond donors (Lipinski definition) is 1. The number of ketones is 1. The van der Waals surface area contributed by atoms with E-state index in [2.05, 4.69) is 5.32 Å². The Balaban J connectivity index is 2.10. The maximum atomic E-state index is 12.0. The molecular formula is C15H13Cl2N2O2+. The van der Waals surface area contributed by atoms with Crippen LogP contribution < -0.4 is 9.88 Å². The second kappa shape index (κ2) is 6.70. The van der Waals surface area contributed by atoms with Gasteiger partial charge in [0.25, 0.3) is 5.91 Å². The van der Waals surface area contributed by atoms with Gasteiger partial charge in [-0.15, -0.1) is 0 Å². The van der Waals surface area contributed by atoms with Gasteiger partial charge in [0.05, 0.1) is 21.3 Å². The van der Waals surface area contributed by atoms with Crippen molar-refractivity contribution in [1.82, 2.24) is 0 Å². The molecule has 0 saturated heterocycles. The molecule has 0 saturated carbocycles. The van der Waals surface area contributed by atoms with Crippen molar-refractivity contribution in [2.75, 3.05) is 5.32 Å². The zero-order valence-electron chi connectivity index (χ0n) is 11.3. The molecule has 0 atom stereocenters. The molecule has 1 heterocycles. The number of halogens is 2. The van der Waals surface area contributed by atoms with Gasteiger partial charge in [-0.2, -0.15) is 4.57 Å². The maximum Gasteiger partial charge on any atom is 0.290 e. The molecular weight excluding hydrogens is 311 g/mol. The molecule has 0 spiro atoms.